The Hall–Kier alpha value is -5.29. The molecule has 2 aliphatic rings. The van der Waals surface area contributed by atoms with Crippen molar-refractivity contribution in [2.24, 2.45) is 0 Å². The molecule has 2 aliphatic heterocycles. The topological polar surface area (TPSA) is 70.2 Å². The molecule has 5 nitrogen and oxygen atoms in total. The molecule has 0 saturated carbocycles. The molecule has 8 rings (SSSR count). The number of pyridine rings is 1. The molecule has 0 atom stereocenters. The number of rotatable bonds is 0. The highest BCUT2D eigenvalue weighted by atomic mass is 14.8. The van der Waals surface area contributed by atoms with Crippen molar-refractivity contribution in [3.8, 4) is 0 Å². The van der Waals surface area contributed by atoms with Crippen LogP contribution in [0.4, 0.5) is 0 Å². The van der Waals surface area contributed by atoms with Crippen molar-refractivity contribution in [2.45, 2.75) is 0 Å². The van der Waals surface area contributed by atoms with E-state index in [4.69, 9.17) is 0 Å². The van der Waals surface area contributed by atoms with E-state index in [0.29, 0.717) is 0 Å². The summed E-state index contributed by atoms with van der Waals surface area (Å²) in [4.78, 5) is 20.4. The van der Waals surface area contributed by atoms with Gasteiger partial charge in [0.05, 0.1) is 28.3 Å². The van der Waals surface area contributed by atoms with Gasteiger partial charge in [0, 0.05) is 39.0 Å². The smallest absolute Gasteiger partial charge is 0.0708 e. The maximum atomic E-state index is 4.63. The summed E-state index contributed by atoms with van der Waals surface area (Å²) in [6.07, 6.45) is 10.0. The Morgan fingerprint density at radius 1 is 0.447 bits per heavy atom. The third kappa shape index (κ3) is 4.49. The molecule has 8 bridgehead atoms. The molecule has 2 N–H and O–H groups in total. The predicted molar refractivity (Wildman–Crippen MR) is 158 cm³/mol. The van der Waals surface area contributed by atoms with Crippen molar-refractivity contribution in [1.29, 1.82) is 0 Å². The van der Waals surface area contributed by atoms with Gasteiger partial charge in [-0.15, -0.1) is 0 Å². The minimum Gasteiger partial charge on any atom is -0.355 e. The van der Waals surface area contributed by atoms with Crippen molar-refractivity contribution in [2.75, 3.05) is 0 Å². The van der Waals surface area contributed by atoms with Crippen LogP contribution in [0.1, 0.15) is 22.8 Å². The largest absolute Gasteiger partial charge is 0.355 e. The van der Waals surface area contributed by atoms with Gasteiger partial charge in [-0.2, -0.15) is 0 Å². The summed E-state index contributed by atoms with van der Waals surface area (Å²) in [6.45, 7) is 0. The zero-order valence-corrected chi connectivity index (χ0v) is 20.5. The fourth-order valence-electron chi connectivity index (χ4n) is 4.75. The molecule has 0 radical (unpaired) electrons. The lowest BCUT2D eigenvalue weighted by Crippen LogP contribution is -1.80. The molecule has 0 aliphatic carbocycles. The van der Waals surface area contributed by atoms with Crippen molar-refractivity contribution < 1.29 is 0 Å². The molecular weight excluding hydrogens is 466 g/mol. The summed E-state index contributed by atoms with van der Waals surface area (Å²) < 4.78 is 0. The van der Waals surface area contributed by atoms with E-state index in [0.717, 1.165) is 50.4 Å². The summed E-state index contributed by atoms with van der Waals surface area (Å²) in [5.74, 6) is 0. The predicted octanol–water partition coefficient (Wildman–Crippen LogP) is 8.04. The fraction of sp³-hybridized carbons (Fsp3) is 0. The number of hydrogen-bond donors (Lipinski definition) is 2. The second-order valence-electron chi connectivity index (χ2n) is 9.27. The number of benzene rings is 2. The van der Waals surface area contributed by atoms with Gasteiger partial charge < -0.3 is 9.97 Å². The molecule has 180 valence electrons. The Morgan fingerprint density at radius 2 is 0.895 bits per heavy atom. The maximum Gasteiger partial charge on any atom is 0.0708 e. The van der Waals surface area contributed by atoms with Gasteiger partial charge in [-0.3, -0.25) is 4.98 Å². The van der Waals surface area contributed by atoms with Crippen LogP contribution >= 0.6 is 0 Å². The number of fused-ring (bicyclic) bond motifs is 11. The highest BCUT2D eigenvalue weighted by Crippen LogP contribution is 2.22. The van der Waals surface area contributed by atoms with Crippen molar-refractivity contribution in [1.82, 2.24) is 24.9 Å². The average molecular weight is 490 g/mol. The Bertz CT molecular complexity index is 1810. The highest BCUT2D eigenvalue weighted by Gasteiger charge is 2.01. The molecule has 4 aromatic heterocycles. The van der Waals surface area contributed by atoms with Crippen molar-refractivity contribution in [3.05, 3.63) is 126 Å². The molecule has 0 unspecified atom stereocenters. The lowest BCUT2D eigenvalue weighted by molar-refractivity contribution is 1.31. The van der Waals surface area contributed by atoms with Crippen LogP contribution in [-0.2, 0) is 0 Å². The van der Waals surface area contributed by atoms with Crippen LogP contribution in [0.3, 0.4) is 0 Å². The minimum atomic E-state index is 0.939. The Morgan fingerprint density at radius 3 is 1.42 bits per heavy atom. The lowest BCUT2D eigenvalue weighted by atomic mass is 10.1. The zero-order valence-electron chi connectivity index (χ0n) is 20.5. The number of aromatic amines is 2. The second-order valence-corrected chi connectivity index (χ2v) is 9.27. The van der Waals surface area contributed by atoms with E-state index in [-0.39, 0.29) is 0 Å². The summed E-state index contributed by atoms with van der Waals surface area (Å²) in [6, 6.07) is 32.9. The van der Waals surface area contributed by atoms with Gasteiger partial charge in [-0.1, -0.05) is 42.5 Å². The van der Waals surface area contributed by atoms with Crippen LogP contribution in [0.2, 0.25) is 0 Å². The van der Waals surface area contributed by atoms with Gasteiger partial charge in [0.1, 0.15) is 0 Å². The van der Waals surface area contributed by atoms with Gasteiger partial charge in [-0.25, -0.2) is 9.97 Å². The van der Waals surface area contributed by atoms with Crippen molar-refractivity contribution >= 4 is 68.0 Å². The summed E-state index contributed by atoms with van der Waals surface area (Å²) in [5, 5.41) is 3.70. The highest BCUT2D eigenvalue weighted by molar-refractivity contribution is 6.05. The molecule has 38 heavy (non-hydrogen) atoms. The van der Waals surface area contributed by atoms with Crippen LogP contribution in [-0.4, -0.2) is 24.9 Å². The summed E-state index contributed by atoms with van der Waals surface area (Å²) >= 11 is 0. The molecule has 6 heterocycles. The third-order valence-corrected chi connectivity index (χ3v) is 6.54. The monoisotopic (exact) mass is 489 g/mol. The molecule has 0 spiro atoms. The number of aromatic nitrogens is 5. The van der Waals surface area contributed by atoms with Gasteiger partial charge in [-0.05, 0) is 84.3 Å². The second kappa shape index (κ2) is 9.30. The molecule has 2 aromatic carbocycles. The maximum absolute atomic E-state index is 4.63. The van der Waals surface area contributed by atoms with E-state index < -0.39 is 0 Å². The van der Waals surface area contributed by atoms with E-state index in [1.807, 2.05) is 73.0 Å². The van der Waals surface area contributed by atoms with Crippen LogP contribution in [0.15, 0.2) is 103 Å². The van der Waals surface area contributed by atoms with Crippen LogP contribution in [0, 0.1) is 0 Å². The van der Waals surface area contributed by atoms with E-state index in [1.54, 1.807) is 0 Å². The molecule has 0 fully saturated rings. The van der Waals surface area contributed by atoms with E-state index in [1.165, 1.54) is 16.2 Å². The first kappa shape index (κ1) is 21.9. The average Bonchev–Trinajstić information content (AvgIpc) is 3.76. The van der Waals surface area contributed by atoms with Gasteiger partial charge in [0.2, 0.25) is 0 Å². The number of nitrogens with zero attached hydrogens (tertiary/aromatic N) is 3. The van der Waals surface area contributed by atoms with E-state index in [2.05, 4.69) is 79.5 Å². The summed E-state index contributed by atoms with van der Waals surface area (Å²) in [7, 11) is 0. The van der Waals surface area contributed by atoms with Gasteiger partial charge >= 0.3 is 0 Å². The Kier molecular flexibility index (Phi) is 5.37. The lowest BCUT2D eigenvalue weighted by Gasteiger charge is -2.01. The van der Waals surface area contributed by atoms with E-state index in [9.17, 15) is 0 Å². The Balaban J connectivity index is 0.000000147. The molecule has 0 saturated heterocycles. The molecule has 0 amide bonds. The van der Waals surface area contributed by atoms with Crippen LogP contribution in [0.5, 0.6) is 0 Å². The molecular formula is C33H23N5. The number of hydrogen-bond acceptors (Lipinski definition) is 3. The number of H-pyrrole nitrogens is 2. The van der Waals surface area contributed by atoms with Crippen LogP contribution in [0.25, 0.3) is 68.0 Å². The normalized spacial score (nSPS) is 12.0. The first-order chi connectivity index (χ1) is 18.7. The fourth-order valence-corrected chi connectivity index (χ4v) is 4.75. The number of nitrogens with one attached hydrogen (secondary N) is 2. The number of para-hydroxylation sites is 1. The SMILES string of the molecule is C1=Cc2cc3ccc(cc4nc(cc5ccc(cc1n2)[nH]5)C=C4)[nH]3.c1ccc2c(c1)cnc1ccccc12. The Labute approximate surface area is 218 Å². The third-order valence-electron chi connectivity index (χ3n) is 6.54. The first-order valence-electron chi connectivity index (χ1n) is 12.5. The minimum absolute atomic E-state index is 0.939. The van der Waals surface area contributed by atoms with Gasteiger partial charge in [0.25, 0.3) is 0 Å². The zero-order chi connectivity index (χ0) is 25.3. The van der Waals surface area contributed by atoms with Gasteiger partial charge in [0.15, 0.2) is 0 Å². The van der Waals surface area contributed by atoms with E-state index >= 15 is 0 Å². The van der Waals surface area contributed by atoms with Crippen LogP contribution < -0.4 is 0 Å². The van der Waals surface area contributed by atoms with Crippen molar-refractivity contribution in [3.63, 3.8) is 0 Å². The first-order valence-corrected chi connectivity index (χ1v) is 12.5. The molecule has 5 heteroatoms. The molecule has 6 aromatic rings. The standard InChI is InChI=1S/C20H14N4.C13H9N/c1-2-14-10-16-5-6-18(23-16)12-20-8-7-19(24-20)11-17-4-3-15(22-17)9-13(1)21-14;1-2-6-11-10(5-1)9-14-13-8-4-3-7-12(11)13/h1-12,21,24H;1-9H. The summed E-state index contributed by atoms with van der Waals surface area (Å²) in [5.41, 5.74) is 8.92. The quantitative estimate of drug-likeness (QED) is 0.212.